The fraction of sp³-hybridized carbons (Fsp3) is 0.467. The van der Waals surface area contributed by atoms with Gasteiger partial charge in [-0.2, -0.15) is 0 Å². The highest BCUT2D eigenvalue weighted by atomic mass is 35.5. The number of benzene rings is 1. The van der Waals surface area contributed by atoms with E-state index in [2.05, 4.69) is 5.32 Å². The molecule has 1 saturated carbocycles. The van der Waals surface area contributed by atoms with Crippen LogP contribution < -0.4 is 5.32 Å². The first-order valence-corrected chi connectivity index (χ1v) is 7.40. The van der Waals surface area contributed by atoms with Crippen LogP contribution in [0.25, 0.3) is 0 Å². The van der Waals surface area contributed by atoms with Crippen LogP contribution in [-0.4, -0.2) is 17.0 Å². The molecule has 0 bridgehead atoms. The highest BCUT2D eigenvalue weighted by Gasteiger charge is 2.65. The predicted molar refractivity (Wildman–Crippen MR) is 81.4 cm³/mol. The summed E-state index contributed by atoms with van der Waals surface area (Å²) in [6.45, 7) is 5.41. The van der Waals surface area contributed by atoms with Crippen molar-refractivity contribution in [3.05, 3.63) is 33.8 Å². The first-order chi connectivity index (χ1) is 9.66. The topological polar surface area (TPSA) is 66.4 Å². The largest absolute Gasteiger partial charge is 0.481 e. The Morgan fingerprint density at radius 2 is 1.86 bits per heavy atom. The van der Waals surface area contributed by atoms with Gasteiger partial charge in [0.05, 0.1) is 27.9 Å². The van der Waals surface area contributed by atoms with Crippen LogP contribution in [0.2, 0.25) is 10.0 Å². The molecule has 1 aliphatic carbocycles. The molecule has 0 radical (unpaired) electrons. The molecule has 2 N–H and O–H groups in total. The Kier molecular flexibility index (Phi) is 4.22. The molecule has 1 aromatic carbocycles. The maximum atomic E-state index is 12.2. The summed E-state index contributed by atoms with van der Waals surface area (Å²) < 4.78 is 0. The smallest absolute Gasteiger partial charge is 0.307 e. The maximum absolute atomic E-state index is 12.2. The normalized spacial score (nSPS) is 24.2. The lowest BCUT2D eigenvalue weighted by molar-refractivity contribution is -0.140. The average molecular weight is 330 g/mol. The third-order valence-corrected chi connectivity index (χ3v) is 4.92. The lowest BCUT2D eigenvalue weighted by atomic mass is 10.1. The van der Waals surface area contributed by atoms with Crippen molar-refractivity contribution >= 4 is 35.1 Å². The minimum Gasteiger partial charge on any atom is -0.481 e. The second-order valence-corrected chi connectivity index (χ2v) is 6.83. The molecular formula is C15H17Cl2NO3. The fourth-order valence-corrected chi connectivity index (χ4v) is 3.06. The molecule has 1 unspecified atom stereocenters. The van der Waals surface area contributed by atoms with Crippen LogP contribution in [-0.2, 0) is 9.59 Å². The van der Waals surface area contributed by atoms with Crippen molar-refractivity contribution in [2.75, 3.05) is 0 Å². The summed E-state index contributed by atoms with van der Waals surface area (Å²) in [6, 6.07) is 4.88. The third kappa shape index (κ3) is 3.01. The van der Waals surface area contributed by atoms with Gasteiger partial charge in [0.15, 0.2) is 0 Å². The van der Waals surface area contributed by atoms with Crippen LogP contribution in [0.15, 0.2) is 18.2 Å². The van der Waals surface area contributed by atoms with Gasteiger partial charge in [0.2, 0.25) is 5.91 Å². The van der Waals surface area contributed by atoms with E-state index in [1.54, 1.807) is 32.0 Å². The van der Waals surface area contributed by atoms with E-state index >= 15 is 0 Å². The summed E-state index contributed by atoms with van der Waals surface area (Å²) in [4.78, 5) is 23.4. The van der Waals surface area contributed by atoms with Crippen molar-refractivity contribution in [1.29, 1.82) is 0 Å². The minimum absolute atomic E-state index is 0.244. The molecule has 3 atom stereocenters. The lowest BCUT2D eigenvalue weighted by Crippen LogP contribution is -2.30. The van der Waals surface area contributed by atoms with Crippen LogP contribution in [0.3, 0.4) is 0 Å². The number of carboxylic acid groups (broad SMARTS) is 1. The molecule has 0 saturated heterocycles. The van der Waals surface area contributed by atoms with Gasteiger partial charge in [-0.15, -0.1) is 0 Å². The molecule has 0 spiro atoms. The van der Waals surface area contributed by atoms with Gasteiger partial charge in [0.1, 0.15) is 0 Å². The summed E-state index contributed by atoms with van der Waals surface area (Å²) in [7, 11) is 0. The Bertz CT molecular complexity index is 601. The van der Waals surface area contributed by atoms with Crippen molar-refractivity contribution in [2.45, 2.75) is 26.8 Å². The van der Waals surface area contributed by atoms with Crippen molar-refractivity contribution < 1.29 is 14.7 Å². The zero-order valence-electron chi connectivity index (χ0n) is 12.0. The van der Waals surface area contributed by atoms with Crippen molar-refractivity contribution in [1.82, 2.24) is 5.32 Å². The highest BCUT2D eigenvalue weighted by molar-refractivity contribution is 6.42. The van der Waals surface area contributed by atoms with E-state index < -0.39 is 23.2 Å². The standard InChI is InChI=1S/C15H17Cl2NO3/c1-7(8-4-5-9(16)10(17)6-8)18-13(19)11-12(14(20)21)15(11,2)3/h4-7,11-12H,1-3H3,(H,18,19)(H,20,21)/t7?,11-,12+/m1/s1. The van der Waals surface area contributed by atoms with Gasteiger partial charge in [0, 0.05) is 0 Å². The number of nitrogens with one attached hydrogen (secondary N) is 1. The van der Waals surface area contributed by atoms with Crippen molar-refractivity contribution in [2.24, 2.45) is 17.3 Å². The van der Waals surface area contributed by atoms with Gasteiger partial charge < -0.3 is 10.4 Å². The van der Waals surface area contributed by atoms with E-state index in [9.17, 15) is 9.59 Å². The average Bonchev–Trinajstić information content (AvgIpc) is 2.96. The molecule has 4 nitrogen and oxygen atoms in total. The number of carboxylic acids is 1. The SMILES string of the molecule is CC(NC(=O)[C@H]1[C@@H](C(=O)O)C1(C)C)c1ccc(Cl)c(Cl)c1. The minimum atomic E-state index is -0.928. The number of hydrogen-bond donors (Lipinski definition) is 2. The molecule has 1 aromatic rings. The van der Waals surface area contributed by atoms with Gasteiger partial charge in [-0.25, -0.2) is 0 Å². The summed E-state index contributed by atoms with van der Waals surface area (Å²) in [6.07, 6.45) is 0. The van der Waals surface area contributed by atoms with Gasteiger partial charge >= 0.3 is 5.97 Å². The number of aliphatic carboxylic acids is 1. The Morgan fingerprint density at radius 1 is 1.24 bits per heavy atom. The van der Waals surface area contributed by atoms with E-state index in [4.69, 9.17) is 28.3 Å². The van der Waals surface area contributed by atoms with Gasteiger partial charge in [-0.3, -0.25) is 9.59 Å². The van der Waals surface area contributed by atoms with Crippen molar-refractivity contribution in [3.8, 4) is 0 Å². The Labute approximate surface area is 133 Å². The van der Waals surface area contributed by atoms with Gasteiger partial charge in [0.25, 0.3) is 0 Å². The molecule has 114 valence electrons. The zero-order valence-corrected chi connectivity index (χ0v) is 13.5. The fourth-order valence-electron chi connectivity index (χ4n) is 2.76. The van der Waals surface area contributed by atoms with Crippen LogP contribution in [0.1, 0.15) is 32.4 Å². The van der Waals surface area contributed by atoms with Gasteiger partial charge in [-0.05, 0) is 30.0 Å². The monoisotopic (exact) mass is 329 g/mol. The molecule has 1 amide bonds. The molecule has 0 aliphatic heterocycles. The first-order valence-electron chi connectivity index (χ1n) is 6.64. The summed E-state index contributed by atoms with van der Waals surface area (Å²) in [5.74, 6) is -2.30. The number of hydrogen-bond acceptors (Lipinski definition) is 2. The molecule has 1 aliphatic rings. The quantitative estimate of drug-likeness (QED) is 0.887. The molecule has 21 heavy (non-hydrogen) atoms. The third-order valence-electron chi connectivity index (χ3n) is 4.18. The molecule has 1 fully saturated rings. The highest BCUT2D eigenvalue weighted by Crippen LogP contribution is 2.58. The van der Waals surface area contributed by atoms with E-state index in [1.165, 1.54) is 0 Å². The van der Waals surface area contributed by atoms with Crippen LogP contribution in [0, 0.1) is 17.3 Å². The Hall–Kier alpha value is -1.26. The van der Waals surface area contributed by atoms with Gasteiger partial charge in [-0.1, -0.05) is 43.1 Å². The number of amides is 1. The second-order valence-electron chi connectivity index (χ2n) is 6.02. The summed E-state index contributed by atoms with van der Waals surface area (Å²) in [5, 5.41) is 12.8. The number of carbonyl (C=O) groups excluding carboxylic acids is 1. The Morgan fingerprint density at radius 3 is 2.33 bits per heavy atom. The second kappa shape index (κ2) is 5.50. The molecular weight excluding hydrogens is 313 g/mol. The summed E-state index contributed by atoms with van der Waals surface area (Å²) in [5.41, 5.74) is 0.316. The van der Waals surface area contributed by atoms with E-state index in [0.717, 1.165) is 5.56 Å². The number of rotatable bonds is 4. The van der Waals surface area contributed by atoms with Crippen LogP contribution in [0.5, 0.6) is 0 Å². The van der Waals surface area contributed by atoms with E-state index in [-0.39, 0.29) is 11.9 Å². The summed E-state index contributed by atoms with van der Waals surface area (Å²) >= 11 is 11.8. The maximum Gasteiger partial charge on any atom is 0.307 e. The van der Waals surface area contributed by atoms with E-state index in [0.29, 0.717) is 10.0 Å². The predicted octanol–water partition coefficient (Wildman–Crippen LogP) is 3.53. The number of carbonyl (C=O) groups is 2. The zero-order chi connectivity index (χ0) is 15.9. The number of halogens is 2. The molecule has 0 heterocycles. The first kappa shape index (κ1) is 16.1. The molecule has 2 rings (SSSR count). The van der Waals surface area contributed by atoms with Crippen molar-refractivity contribution in [3.63, 3.8) is 0 Å². The van der Waals surface area contributed by atoms with Crippen LogP contribution >= 0.6 is 23.2 Å². The molecule has 6 heteroatoms. The van der Waals surface area contributed by atoms with Crippen LogP contribution in [0.4, 0.5) is 0 Å². The lowest BCUT2D eigenvalue weighted by Gasteiger charge is -2.15. The Balaban J connectivity index is 2.06. The molecule has 0 aromatic heterocycles. The van der Waals surface area contributed by atoms with E-state index in [1.807, 2.05) is 6.92 Å².